The lowest BCUT2D eigenvalue weighted by atomic mass is 10.1. The predicted octanol–water partition coefficient (Wildman–Crippen LogP) is 7.25. The Labute approximate surface area is 257 Å². The number of pyridine rings is 1. The van der Waals surface area contributed by atoms with E-state index in [0.29, 0.717) is 42.6 Å². The molecule has 12 heteroatoms. The van der Waals surface area contributed by atoms with E-state index in [1.807, 2.05) is 49.4 Å². The van der Waals surface area contributed by atoms with Crippen molar-refractivity contribution < 1.29 is 0 Å². The summed E-state index contributed by atoms with van der Waals surface area (Å²) in [6.07, 6.45) is 5.76. The summed E-state index contributed by atoms with van der Waals surface area (Å²) in [7, 11) is 0. The molecule has 0 spiro atoms. The highest BCUT2D eigenvalue weighted by atomic mass is 35.5. The van der Waals surface area contributed by atoms with Gasteiger partial charge in [0.1, 0.15) is 12.1 Å². The highest BCUT2D eigenvalue weighted by molar-refractivity contribution is 7.16. The second kappa shape index (κ2) is 11.9. The number of aromatic nitrogens is 1. The summed E-state index contributed by atoms with van der Waals surface area (Å²) in [4.78, 5) is 5.53. The Balaban J connectivity index is 1.38. The number of nitrogens with one attached hydrogen (secondary N) is 5. The van der Waals surface area contributed by atoms with E-state index in [1.165, 1.54) is 17.5 Å². The van der Waals surface area contributed by atoms with E-state index < -0.39 is 0 Å². The SMILES string of the molecule is Cc1ccc(Nc2c(C#N)cnc3c(Cl)cc(N[C@H](C4=CN(C5CCNCC5)NN4)c4ccc(Cl)s4)cc23)cc1Cl. The van der Waals surface area contributed by atoms with Gasteiger partial charge >= 0.3 is 0 Å². The maximum atomic E-state index is 9.92. The second-order valence-electron chi connectivity index (χ2n) is 10.0. The van der Waals surface area contributed by atoms with E-state index in [9.17, 15) is 5.26 Å². The molecule has 2 aliphatic rings. The van der Waals surface area contributed by atoms with E-state index in [0.717, 1.165) is 53.4 Å². The number of anilines is 3. The summed E-state index contributed by atoms with van der Waals surface area (Å²) in [5.74, 6) is 0. The van der Waals surface area contributed by atoms with Crippen molar-refractivity contribution in [3.63, 3.8) is 0 Å². The Kier molecular flexibility index (Phi) is 8.13. The van der Waals surface area contributed by atoms with Crippen molar-refractivity contribution in [3.05, 3.63) is 90.9 Å². The van der Waals surface area contributed by atoms with E-state index in [4.69, 9.17) is 34.8 Å². The summed E-state index contributed by atoms with van der Waals surface area (Å²) in [5, 5.41) is 24.3. The highest BCUT2D eigenvalue weighted by Gasteiger charge is 2.28. The van der Waals surface area contributed by atoms with Gasteiger partial charge in [0.15, 0.2) is 0 Å². The van der Waals surface area contributed by atoms with E-state index >= 15 is 0 Å². The predicted molar refractivity (Wildman–Crippen MR) is 169 cm³/mol. The molecule has 0 amide bonds. The van der Waals surface area contributed by atoms with Gasteiger partial charge in [0.2, 0.25) is 0 Å². The zero-order valence-corrected chi connectivity index (χ0v) is 25.1. The molecule has 8 nitrogen and oxygen atoms in total. The molecule has 4 aromatic rings. The van der Waals surface area contributed by atoms with Crippen molar-refractivity contribution in [2.24, 2.45) is 0 Å². The molecule has 41 heavy (non-hydrogen) atoms. The number of nitrogens with zero attached hydrogens (tertiary/aromatic N) is 3. The smallest absolute Gasteiger partial charge is 0.104 e. The van der Waals surface area contributed by atoms with Gasteiger partial charge in [-0.25, -0.2) is 0 Å². The van der Waals surface area contributed by atoms with Crippen LogP contribution in [-0.4, -0.2) is 29.1 Å². The van der Waals surface area contributed by atoms with Gasteiger partial charge in [0.25, 0.3) is 0 Å². The number of thiophene rings is 1. The van der Waals surface area contributed by atoms with Crippen molar-refractivity contribution in [2.45, 2.75) is 31.8 Å². The molecule has 210 valence electrons. The number of benzene rings is 2. The van der Waals surface area contributed by atoms with E-state index in [2.05, 4.69) is 49.2 Å². The van der Waals surface area contributed by atoms with Gasteiger partial charge in [-0.15, -0.1) is 16.9 Å². The summed E-state index contributed by atoms with van der Waals surface area (Å²) >= 11 is 21.0. The van der Waals surface area contributed by atoms with Crippen molar-refractivity contribution in [1.29, 1.82) is 5.26 Å². The number of halogens is 3. The van der Waals surface area contributed by atoms with Crippen molar-refractivity contribution in [3.8, 4) is 6.07 Å². The van der Waals surface area contributed by atoms with Crippen LogP contribution in [0.1, 0.15) is 34.9 Å². The zero-order valence-electron chi connectivity index (χ0n) is 22.1. The van der Waals surface area contributed by atoms with Crippen LogP contribution in [0.3, 0.4) is 0 Å². The van der Waals surface area contributed by atoms with Crippen LogP contribution in [0.4, 0.5) is 17.1 Å². The molecule has 1 fully saturated rings. The summed E-state index contributed by atoms with van der Waals surface area (Å²) < 4.78 is 0.705. The largest absolute Gasteiger partial charge is 0.372 e. The third kappa shape index (κ3) is 5.90. The van der Waals surface area contributed by atoms with Crippen molar-refractivity contribution in [1.82, 2.24) is 26.3 Å². The molecule has 0 radical (unpaired) electrons. The fraction of sp³-hybridized carbons (Fsp3) is 0.241. The molecule has 1 saturated heterocycles. The molecule has 0 saturated carbocycles. The molecule has 5 N–H and O–H groups in total. The average Bonchev–Trinajstić information content (AvgIpc) is 3.64. The van der Waals surface area contributed by atoms with Crippen molar-refractivity contribution in [2.75, 3.05) is 23.7 Å². The van der Waals surface area contributed by atoms with Crippen LogP contribution >= 0.6 is 46.1 Å². The second-order valence-corrected chi connectivity index (χ2v) is 12.6. The highest BCUT2D eigenvalue weighted by Crippen LogP contribution is 2.39. The summed E-state index contributed by atoms with van der Waals surface area (Å²) in [6, 6.07) is 15.8. The van der Waals surface area contributed by atoms with Crippen LogP contribution in [0.2, 0.25) is 14.4 Å². The Morgan fingerprint density at radius 3 is 2.61 bits per heavy atom. The van der Waals surface area contributed by atoms with Gasteiger partial charge in [-0.3, -0.25) is 9.99 Å². The monoisotopic (exact) mass is 624 g/mol. The lowest BCUT2D eigenvalue weighted by Crippen LogP contribution is -2.47. The van der Waals surface area contributed by atoms with Gasteiger partial charge < -0.3 is 21.4 Å². The Bertz CT molecular complexity index is 1670. The van der Waals surface area contributed by atoms with Crippen LogP contribution in [0.5, 0.6) is 0 Å². The normalized spacial score (nSPS) is 16.3. The first kappa shape index (κ1) is 27.9. The van der Waals surface area contributed by atoms with Crippen LogP contribution in [0, 0.1) is 18.3 Å². The minimum absolute atomic E-state index is 0.236. The Morgan fingerprint density at radius 1 is 1.07 bits per heavy atom. The fourth-order valence-corrected chi connectivity index (χ4v) is 6.68. The fourth-order valence-electron chi connectivity index (χ4n) is 5.10. The first-order chi connectivity index (χ1) is 19.9. The molecule has 1 atom stereocenters. The number of fused-ring (bicyclic) bond motifs is 1. The first-order valence-corrected chi connectivity index (χ1v) is 15.1. The lowest BCUT2D eigenvalue weighted by Gasteiger charge is -2.30. The molecule has 4 heterocycles. The third-order valence-corrected chi connectivity index (χ3v) is 9.29. The Morgan fingerprint density at radius 2 is 1.88 bits per heavy atom. The number of piperidine rings is 1. The van der Waals surface area contributed by atoms with Crippen LogP contribution in [0.15, 0.2) is 60.6 Å². The standard InChI is InChI=1S/C29H27Cl3N8S/c1-16-2-3-18(11-22(16)30)36-27-17(13-33)14-35-28-21(27)10-19(12-23(28)31)37-29(25-4-5-26(32)41-25)24-15-40(39-38-24)20-6-8-34-9-7-20/h2-5,10-12,14-15,20,29,34,37-39H,6-9H2,1H3,(H,35,36)/t29-/m1/s1. The van der Waals surface area contributed by atoms with Crippen LogP contribution < -0.4 is 26.9 Å². The zero-order chi connectivity index (χ0) is 28.5. The minimum Gasteiger partial charge on any atom is -0.372 e. The first-order valence-electron chi connectivity index (χ1n) is 13.2. The molecular formula is C29H27Cl3N8S. The number of hydrogen-bond donors (Lipinski definition) is 5. The van der Waals surface area contributed by atoms with E-state index in [-0.39, 0.29) is 6.04 Å². The summed E-state index contributed by atoms with van der Waals surface area (Å²) in [5.41, 5.74) is 11.7. The molecule has 2 aliphatic heterocycles. The molecule has 0 unspecified atom stereocenters. The quantitative estimate of drug-likeness (QED) is 0.146. The topological polar surface area (TPSA) is 100 Å². The average molecular weight is 626 g/mol. The molecule has 6 rings (SSSR count). The van der Waals surface area contributed by atoms with Gasteiger partial charge in [-0.2, -0.15) is 5.26 Å². The van der Waals surface area contributed by atoms with Gasteiger partial charge in [0, 0.05) is 45.1 Å². The van der Waals surface area contributed by atoms with Crippen molar-refractivity contribution >= 4 is 74.1 Å². The maximum absolute atomic E-state index is 9.92. The number of hydrazine groups is 2. The number of rotatable bonds is 7. The molecular weight excluding hydrogens is 599 g/mol. The third-order valence-electron chi connectivity index (χ3n) is 7.30. The summed E-state index contributed by atoms with van der Waals surface area (Å²) in [6.45, 7) is 3.93. The van der Waals surface area contributed by atoms with E-state index in [1.54, 1.807) is 0 Å². The Hall–Kier alpha value is -3.23. The molecule has 0 bridgehead atoms. The number of aryl methyl sites for hydroxylation is 1. The van der Waals surface area contributed by atoms with Gasteiger partial charge in [-0.05, 0) is 74.8 Å². The molecule has 0 aliphatic carbocycles. The number of hydrogen-bond acceptors (Lipinski definition) is 9. The van der Waals surface area contributed by atoms with Gasteiger partial charge in [0.05, 0.1) is 31.8 Å². The molecule has 2 aromatic carbocycles. The minimum atomic E-state index is -0.236. The van der Waals surface area contributed by atoms with Gasteiger partial charge in [-0.1, -0.05) is 40.9 Å². The maximum Gasteiger partial charge on any atom is 0.104 e. The van der Waals surface area contributed by atoms with Crippen LogP contribution in [0.25, 0.3) is 10.9 Å². The number of nitriles is 1. The lowest BCUT2D eigenvalue weighted by molar-refractivity contribution is 0.162. The molecule has 2 aromatic heterocycles. The van der Waals surface area contributed by atoms with Crippen LogP contribution in [-0.2, 0) is 0 Å².